The molecule has 8 nitrogen and oxygen atoms in total. The molecule has 0 saturated carbocycles. The van der Waals surface area contributed by atoms with Gasteiger partial charge in [0.15, 0.2) is 5.79 Å². The summed E-state index contributed by atoms with van der Waals surface area (Å²) in [5, 5.41) is 9.28. The van der Waals surface area contributed by atoms with Crippen LogP contribution in [-0.4, -0.2) is 57.6 Å². The Morgan fingerprint density at radius 1 is 1.43 bits per heavy atom. The van der Waals surface area contributed by atoms with E-state index in [1.807, 2.05) is 46.9 Å². The van der Waals surface area contributed by atoms with Crippen molar-refractivity contribution in [3.63, 3.8) is 0 Å². The van der Waals surface area contributed by atoms with E-state index in [4.69, 9.17) is 19.9 Å². The van der Waals surface area contributed by atoms with E-state index in [9.17, 15) is 10.1 Å². The monoisotopic (exact) mass is 408 g/mol. The Kier molecular flexibility index (Phi) is 5.34. The number of ether oxygens (including phenoxy) is 3. The maximum Gasteiger partial charge on any atom is 0.411 e. The summed E-state index contributed by atoms with van der Waals surface area (Å²) in [6, 6.07) is 1.28. The van der Waals surface area contributed by atoms with Gasteiger partial charge in [-0.15, -0.1) is 0 Å². The van der Waals surface area contributed by atoms with Crippen LogP contribution in [0.4, 0.5) is 10.5 Å². The number of aromatic nitrogens is 1. The van der Waals surface area contributed by atoms with Crippen LogP contribution < -0.4 is 5.73 Å². The minimum absolute atomic E-state index is 0.249. The second-order valence-corrected chi connectivity index (χ2v) is 9.48. The van der Waals surface area contributed by atoms with Crippen LogP contribution in [-0.2, 0) is 14.2 Å². The minimum atomic E-state index is -0.770. The second-order valence-electron chi connectivity index (χ2n) is 8.56. The molecule has 2 aliphatic heterocycles. The van der Waals surface area contributed by atoms with E-state index in [-0.39, 0.29) is 17.8 Å². The zero-order chi connectivity index (χ0) is 20.9. The second kappa shape index (κ2) is 7.17. The van der Waals surface area contributed by atoms with Crippen molar-refractivity contribution < 1.29 is 19.0 Å². The van der Waals surface area contributed by atoms with Gasteiger partial charge in [0, 0.05) is 17.5 Å². The van der Waals surface area contributed by atoms with Gasteiger partial charge in [-0.05, 0) is 40.9 Å². The number of rotatable bonds is 3. The fourth-order valence-electron chi connectivity index (χ4n) is 3.91. The van der Waals surface area contributed by atoms with Crippen molar-refractivity contribution in [1.82, 2.24) is 9.88 Å². The van der Waals surface area contributed by atoms with Gasteiger partial charge in [-0.3, -0.25) is 4.90 Å². The number of thioether (sulfide) groups is 1. The highest BCUT2D eigenvalue weighted by Crippen LogP contribution is 2.49. The topological polar surface area (TPSA) is 114 Å². The molecule has 1 aromatic rings. The number of anilines is 1. The molecule has 3 rings (SSSR count). The Bertz CT molecular complexity index is 795. The number of hydrogen-bond acceptors (Lipinski definition) is 7. The highest BCUT2D eigenvalue weighted by Gasteiger charge is 2.60. The lowest BCUT2D eigenvalue weighted by molar-refractivity contribution is -0.166. The van der Waals surface area contributed by atoms with Gasteiger partial charge in [-0.1, -0.05) is 0 Å². The Balaban J connectivity index is 2.08. The third kappa shape index (κ3) is 3.69. The third-order valence-electron chi connectivity index (χ3n) is 4.84. The zero-order valence-corrected chi connectivity index (χ0v) is 17.9. The average molecular weight is 409 g/mol. The molecule has 1 amide bonds. The van der Waals surface area contributed by atoms with Crippen molar-refractivity contribution in [2.24, 2.45) is 0 Å². The third-order valence-corrected chi connectivity index (χ3v) is 5.51. The molecule has 4 atom stereocenters. The van der Waals surface area contributed by atoms with Gasteiger partial charge in [0.05, 0.1) is 17.8 Å². The van der Waals surface area contributed by atoms with Crippen LogP contribution in [0.3, 0.4) is 0 Å². The standard InChI is InChI=1S/C19H28N4O4S/c1-18(2,3)27-17(24)23-12(9-28-6)15-16(26-19(4,5)25-15)14(23)10-8-22-11(7-20)13(10)21/h8,12,14-16,22H,9,21H2,1-6H3/t12-,14+,15+,16?/m1/s1. The number of carbonyl (C=O) groups is 1. The number of amides is 1. The summed E-state index contributed by atoms with van der Waals surface area (Å²) in [7, 11) is 0. The molecular weight excluding hydrogens is 380 g/mol. The van der Waals surface area contributed by atoms with E-state index in [2.05, 4.69) is 4.98 Å². The minimum Gasteiger partial charge on any atom is -0.444 e. The van der Waals surface area contributed by atoms with Crippen LogP contribution in [0.15, 0.2) is 6.20 Å². The summed E-state index contributed by atoms with van der Waals surface area (Å²) in [6.07, 6.45) is 2.47. The molecule has 0 spiro atoms. The molecule has 0 radical (unpaired) electrons. The molecule has 0 aliphatic carbocycles. The largest absolute Gasteiger partial charge is 0.444 e. The van der Waals surface area contributed by atoms with Gasteiger partial charge in [0.25, 0.3) is 0 Å². The van der Waals surface area contributed by atoms with Crippen molar-refractivity contribution >= 4 is 23.5 Å². The molecule has 3 heterocycles. The lowest BCUT2D eigenvalue weighted by Crippen LogP contribution is -2.46. The predicted octanol–water partition coefficient (Wildman–Crippen LogP) is 3.01. The molecule has 0 aromatic carbocycles. The van der Waals surface area contributed by atoms with E-state index in [1.54, 1.807) is 22.9 Å². The Morgan fingerprint density at radius 2 is 2.07 bits per heavy atom. The number of nitrogens with one attached hydrogen (secondary N) is 1. The van der Waals surface area contributed by atoms with E-state index in [0.717, 1.165) is 0 Å². The summed E-state index contributed by atoms with van der Waals surface area (Å²) < 4.78 is 18.1. The molecule has 154 valence electrons. The van der Waals surface area contributed by atoms with E-state index >= 15 is 0 Å². The van der Waals surface area contributed by atoms with Gasteiger partial charge in [-0.2, -0.15) is 17.0 Å². The molecule has 2 saturated heterocycles. The van der Waals surface area contributed by atoms with Crippen molar-refractivity contribution in [1.29, 1.82) is 5.26 Å². The van der Waals surface area contributed by atoms with Crippen LogP contribution in [0.25, 0.3) is 0 Å². The van der Waals surface area contributed by atoms with Gasteiger partial charge < -0.3 is 24.9 Å². The summed E-state index contributed by atoms with van der Waals surface area (Å²) in [5.41, 5.74) is 6.80. The summed E-state index contributed by atoms with van der Waals surface area (Å²) in [5.74, 6) is -0.112. The van der Waals surface area contributed by atoms with Crippen LogP contribution in [0.5, 0.6) is 0 Å². The molecule has 28 heavy (non-hydrogen) atoms. The molecule has 3 N–H and O–H groups in total. The fourth-order valence-corrected chi connectivity index (χ4v) is 4.60. The van der Waals surface area contributed by atoms with E-state index in [1.165, 1.54) is 0 Å². The van der Waals surface area contributed by atoms with Crippen molar-refractivity contribution in [3.05, 3.63) is 17.5 Å². The summed E-state index contributed by atoms with van der Waals surface area (Å²) in [6.45, 7) is 9.20. The fraction of sp³-hybridized carbons (Fsp3) is 0.684. The quantitative estimate of drug-likeness (QED) is 0.790. The van der Waals surface area contributed by atoms with Crippen molar-refractivity contribution in [3.8, 4) is 6.07 Å². The Hall–Kier alpha value is -1.89. The molecule has 2 aliphatic rings. The maximum atomic E-state index is 13.2. The first kappa shape index (κ1) is 20.8. The lowest BCUT2D eigenvalue weighted by atomic mass is 10.0. The van der Waals surface area contributed by atoms with Crippen molar-refractivity contribution in [2.75, 3.05) is 17.7 Å². The predicted molar refractivity (Wildman–Crippen MR) is 107 cm³/mol. The first-order valence-electron chi connectivity index (χ1n) is 9.22. The number of H-pyrrole nitrogens is 1. The molecule has 9 heteroatoms. The first-order chi connectivity index (χ1) is 13.0. The van der Waals surface area contributed by atoms with Gasteiger partial charge >= 0.3 is 6.09 Å². The normalized spacial score (nSPS) is 28.8. The van der Waals surface area contributed by atoms with Crippen LogP contribution in [0.1, 0.15) is 51.9 Å². The van der Waals surface area contributed by atoms with Gasteiger partial charge in [0.2, 0.25) is 0 Å². The number of fused-ring (bicyclic) bond motifs is 1. The number of nitrogen functional groups attached to an aromatic ring is 1. The smallest absolute Gasteiger partial charge is 0.411 e. The zero-order valence-electron chi connectivity index (χ0n) is 17.1. The molecule has 1 unspecified atom stereocenters. The average Bonchev–Trinajstić information content (AvgIpc) is 3.16. The Morgan fingerprint density at radius 3 is 2.61 bits per heavy atom. The van der Waals surface area contributed by atoms with Crippen LogP contribution in [0.2, 0.25) is 0 Å². The highest BCUT2D eigenvalue weighted by molar-refractivity contribution is 7.98. The van der Waals surface area contributed by atoms with Gasteiger partial charge in [-0.25, -0.2) is 4.79 Å². The van der Waals surface area contributed by atoms with E-state index in [0.29, 0.717) is 17.0 Å². The number of likely N-dealkylation sites (tertiary alicyclic amines) is 1. The maximum absolute atomic E-state index is 13.2. The number of carbonyl (C=O) groups excluding carboxylic acids is 1. The lowest BCUT2D eigenvalue weighted by Gasteiger charge is -2.35. The van der Waals surface area contributed by atoms with E-state index < -0.39 is 29.6 Å². The number of nitriles is 1. The summed E-state index contributed by atoms with van der Waals surface area (Å²) in [4.78, 5) is 17.7. The summed E-state index contributed by atoms with van der Waals surface area (Å²) >= 11 is 1.62. The van der Waals surface area contributed by atoms with Crippen LogP contribution >= 0.6 is 11.8 Å². The Labute approximate surface area is 169 Å². The first-order valence-corrected chi connectivity index (χ1v) is 10.6. The molecule has 0 bridgehead atoms. The number of nitrogens with zero attached hydrogens (tertiary/aromatic N) is 2. The molecule has 1 aromatic heterocycles. The van der Waals surface area contributed by atoms with Crippen molar-refractivity contribution in [2.45, 2.75) is 70.3 Å². The molecular formula is C19H28N4O4S. The highest BCUT2D eigenvalue weighted by atomic mass is 32.2. The SMILES string of the molecule is CSC[C@@H]1[C@@H]2OC(C)(C)OC2[C@H](c2c[nH]c(C#N)c2N)N1C(=O)OC(C)(C)C. The number of nitrogens with two attached hydrogens (primary N) is 1. The van der Waals surface area contributed by atoms with Crippen LogP contribution in [0, 0.1) is 11.3 Å². The number of hydrogen-bond donors (Lipinski definition) is 2. The molecule has 2 fully saturated rings. The number of aromatic amines is 1. The van der Waals surface area contributed by atoms with Gasteiger partial charge in [0.1, 0.15) is 29.6 Å².